The summed E-state index contributed by atoms with van der Waals surface area (Å²) in [6.45, 7) is 4.19. The van der Waals surface area contributed by atoms with Crippen LogP contribution in [-0.2, 0) is 6.54 Å². The average molecular weight is 292 g/mol. The van der Waals surface area contributed by atoms with Gasteiger partial charge in [-0.25, -0.2) is 0 Å². The monoisotopic (exact) mass is 291 g/mol. The molecular formula is C14H14ClN3O2. The number of pyridine rings is 2. The summed E-state index contributed by atoms with van der Waals surface area (Å²) in [5.41, 5.74) is 1.46. The van der Waals surface area contributed by atoms with Crippen molar-refractivity contribution in [3.05, 3.63) is 57.2 Å². The molecule has 2 rings (SSSR count). The van der Waals surface area contributed by atoms with Gasteiger partial charge in [0, 0.05) is 30.7 Å². The molecule has 20 heavy (non-hydrogen) atoms. The van der Waals surface area contributed by atoms with Crippen LogP contribution in [0.15, 0.2) is 35.4 Å². The van der Waals surface area contributed by atoms with E-state index < -0.39 is 0 Å². The normalized spacial score (nSPS) is 10.3. The molecule has 0 aliphatic heterocycles. The van der Waals surface area contributed by atoms with E-state index in [0.717, 1.165) is 5.69 Å². The number of amides is 1. The molecule has 1 N–H and O–H groups in total. The van der Waals surface area contributed by atoms with Crippen molar-refractivity contribution in [1.29, 1.82) is 0 Å². The van der Waals surface area contributed by atoms with Gasteiger partial charge in [0.15, 0.2) is 0 Å². The fourth-order valence-corrected chi connectivity index (χ4v) is 2.04. The minimum atomic E-state index is -0.358. The van der Waals surface area contributed by atoms with E-state index >= 15 is 0 Å². The fraction of sp³-hybridized carbons (Fsp3) is 0.214. The maximum absolute atomic E-state index is 12.1. The number of hydrogen-bond donors (Lipinski definition) is 1. The number of halogens is 1. The minimum absolute atomic E-state index is 0.111. The number of nitrogens with zero attached hydrogens (tertiary/aromatic N) is 2. The van der Waals surface area contributed by atoms with Crippen LogP contribution < -0.4 is 10.9 Å². The summed E-state index contributed by atoms with van der Waals surface area (Å²) in [6.07, 6.45) is 3.03. The number of aromatic nitrogens is 2. The van der Waals surface area contributed by atoms with Crippen molar-refractivity contribution in [3.8, 4) is 0 Å². The van der Waals surface area contributed by atoms with Gasteiger partial charge in [-0.05, 0) is 26.0 Å². The van der Waals surface area contributed by atoms with Crippen LogP contribution in [0.25, 0.3) is 0 Å². The van der Waals surface area contributed by atoms with Gasteiger partial charge in [-0.2, -0.15) is 0 Å². The lowest BCUT2D eigenvalue weighted by Crippen LogP contribution is -2.20. The molecule has 0 spiro atoms. The van der Waals surface area contributed by atoms with Gasteiger partial charge in [-0.15, -0.1) is 0 Å². The summed E-state index contributed by atoms with van der Waals surface area (Å²) in [5, 5.41) is 3.04. The molecule has 0 unspecified atom stereocenters. The summed E-state index contributed by atoms with van der Waals surface area (Å²) in [6, 6.07) is 4.60. The van der Waals surface area contributed by atoms with Gasteiger partial charge in [0.2, 0.25) is 0 Å². The summed E-state index contributed by atoms with van der Waals surface area (Å²) in [7, 11) is 0. The molecule has 1 amide bonds. The van der Waals surface area contributed by atoms with Gasteiger partial charge < -0.3 is 9.88 Å². The lowest BCUT2D eigenvalue weighted by Gasteiger charge is -2.09. The second-order valence-electron chi connectivity index (χ2n) is 4.30. The molecule has 5 nitrogen and oxygen atoms in total. The number of rotatable bonds is 3. The van der Waals surface area contributed by atoms with Crippen LogP contribution in [0.1, 0.15) is 23.0 Å². The number of carbonyl (C=O) groups is 1. The maximum atomic E-state index is 12.1. The molecule has 2 heterocycles. The van der Waals surface area contributed by atoms with Crippen LogP contribution in [0, 0.1) is 6.92 Å². The number of carbonyl (C=O) groups excluding carboxylic acids is 1. The van der Waals surface area contributed by atoms with Crippen molar-refractivity contribution >= 4 is 23.2 Å². The highest BCUT2D eigenvalue weighted by Gasteiger charge is 2.11. The fourth-order valence-electron chi connectivity index (χ4n) is 1.74. The van der Waals surface area contributed by atoms with Gasteiger partial charge in [0.1, 0.15) is 0 Å². The molecule has 0 saturated carbocycles. The molecule has 0 fully saturated rings. The minimum Gasteiger partial charge on any atom is -0.321 e. The first kappa shape index (κ1) is 14.3. The van der Waals surface area contributed by atoms with Crippen LogP contribution in [0.2, 0.25) is 5.02 Å². The van der Waals surface area contributed by atoms with E-state index in [2.05, 4.69) is 10.3 Å². The zero-order valence-corrected chi connectivity index (χ0v) is 11.9. The number of hydrogen-bond acceptors (Lipinski definition) is 3. The third kappa shape index (κ3) is 3.05. The summed E-state index contributed by atoms with van der Waals surface area (Å²) in [4.78, 5) is 27.6. The molecule has 0 radical (unpaired) electrons. The molecule has 2 aromatic heterocycles. The Balaban J connectivity index is 2.25. The number of nitrogens with one attached hydrogen (secondary N) is 1. The first-order valence-electron chi connectivity index (χ1n) is 6.15. The molecule has 0 saturated heterocycles. The Kier molecular flexibility index (Phi) is 4.20. The molecule has 104 valence electrons. The van der Waals surface area contributed by atoms with Crippen LogP contribution in [-0.4, -0.2) is 15.5 Å². The zero-order valence-electron chi connectivity index (χ0n) is 11.2. The van der Waals surface area contributed by atoms with E-state index in [1.54, 1.807) is 25.3 Å². The standard InChI is InChI=1S/C14H14ClN3O2/c1-3-18-8-10(4-5-13(18)19)17-14(20)11-7-16-9(2)6-12(11)15/h4-8H,3H2,1-2H3,(H,17,20). The van der Waals surface area contributed by atoms with Crippen LogP contribution in [0.4, 0.5) is 5.69 Å². The zero-order chi connectivity index (χ0) is 14.7. The Bertz CT molecular complexity index is 710. The van der Waals surface area contributed by atoms with Gasteiger partial charge in [-0.3, -0.25) is 14.6 Å². The van der Waals surface area contributed by atoms with E-state index in [1.807, 2.05) is 6.92 Å². The SMILES string of the molecule is CCn1cc(NC(=O)c2cnc(C)cc2Cl)ccc1=O. The Morgan fingerprint density at radius 2 is 2.20 bits per heavy atom. The van der Waals surface area contributed by atoms with Gasteiger partial charge >= 0.3 is 0 Å². The largest absolute Gasteiger partial charge is 0.321 e. The molecule has 0 atom stereocenters. The van der Waals surface area contributed by atoms with Crippen LogP contribution >= 0.6 is 11.6 Å². The Morgan fingerprint density at radius 1 is 1.45 bits per heavy atom. The van der Waals surface area contributed by atoms with Crippen molar-refractivity contribution in [2.45, 2.75) is 20.4 Å². The Labute approximate surface area is 121 Å². The van der Waals surface area contributed by atoms with Crippen molar-refractivity contribution in [1.82, 2.24) is 9.55 Å². The molecule has 0 aliphatic carbocycles. The smallest absolute Gasteiger partial charge is 0.258 e. The van der Waals surface area contributed by atoms with E-state index in [9.17, 15) is 9.59 Å². The second-order valence-corrected chi connectivity index (χ2v) is 4.71. The quantitative estimate of drug-likeness (QED) is 0.945. The van der Waals surface area contributed by atoms with Crippen molar-refractivity contribution in [3.63, 3.8) is 0 Å². The van der Waals surface area contributed by atoms with E-state index in [1.165, 1.54) is 16.8 Å². The van der Waals surface area contributed by atoms with Crippen molar-refractivity contribution in [2.24, 2.45) is 0 Å². The molecule has 0 aromatic carbocycles. The topological polar surface area (TPSA) is 64.0 Å². The first-order valence-corrected chi connectivity index (χ1v) is 6.53. The predicted octanol–water partition coefficient (Wildman–Crippen LogP) is 2.48. The van der Waals surface area contributed by atoms with Gasteiger partial charge in [0.05, 0.1) is 16.3 Å². The lowest BCUT2D eigenvalue weighted by atomic mass is 10.2. The molecule has 2 aromatic rings. The Hall–Kier alpha value is -2.14. The first-order chi connectivity index (χ1) is 9.51. The van der Waals surface area contributed by atoms with Crippen molar-refractivity contribution < 1.29 is 4.79 Å². The molecule has 6 heteroatoms. The van der Waals surface area contributed by atoms with Crippen molar-refractivity contribution in [2.75, 3.05) is 5.32 Å². The highest BCUT2D eigenvalue weighted by atomic mass is 35.5. The Morgan fingerprint density at radius 3 is 2.85 bits per heavy atom. The lowest BCUT2D eigenvalue weighted by molar-refractivity contribution is 0.102. The predicted molar refractivity (Wildman–Crippen MR) is 78.3 cm³/mol. The van der Waals surface area contributed by atoms with Crippen LogP contribution in [0.3, 0.4) is 0 Å². The second kappa shape index (κ2) is 5.88. The third-order valence-corrected chi connectivity index (χ3v) is 3.13. The highest BCUT2D eigenvalue weighted by molar-refractivity contribution is 6.34. The maximum Gasteiger partial charge on any atom is 0.258 e. The summed E-state index contributed by atoms with van der Waals surface area (Å²) < 4.78 is 1.50. The van der Waals surface area contributed by atoms with E-state index in [-0.39, 0.29) is 11.5 Å². The molecular weight excluding hydrogens is 278 g/mol. The van der Waals surface area contributed by atoms with E-state index in [0.29, 0.717) is 22.8 Å². The summed E-state index contributed by atoms with van der Waals surface area (Å²) in [5.74, 6) is -0.358. The number of anilines is 1. The van der Waals surface area contributed by atoms with Crippen LogP contribution in [0.5, 0.6) is 0 Å². The third-order valence-electron chi connectivity index (χ3n) is 2.82. The van der Waals surface area contributed by atoms with E-state index in [4.69, 9.17) is 11.6 Å². The average Bonchev–Trinajstić information content (AvgIpc) is 2.40. The van der Waals surface area contributed by atoms with Gasteiger partial charge in [-0.1, -0.05) is 11.6 Å². The summed E-state index contributed by atoms with van der Waals surface area (Å²) >= 11 is 6.02. The van der Waals surface area contributed by atoms with Gasteiger partial charge in [0.25, 0.3) is 11.5 Å². The number of aryl methyl sites for hydroxylation is 2. The molecule has 0 aliphatic rings. The highest BCUT2D eigenvalue weighted by Crippen LogP contribution is 2.17. The molecule has 0 bridgehead atoms.